The Morgan fingerprint density at radius 2 is 2.05 bits per heavy atom. The van der Waals surface area contributed by atoms with Crippen LogP contribution in [0, 0.1) is 0 Å². The van der Waals surface area contributed by atoms with Crippen molar-refractivity contribution in [3.63, 3.8) is 0 Å². The van der Waals surface area contributed by atoms with Crippen LogP contribution >= 0.6 is 22.7 Å². The van der Waals surface area contributed by atoms with Crippen LogP contribution in [-0.2, 0) is 14.1 Å². The molecule has 3 aromatic heterocycles. The fraction of sp³-hybridized carbons (Fsp3) is 0.133. The average molecular weight is 287 g/mol. The van der Waals surface area contributed by atoms with Crippen LogP contribution in [0.15, 0.2) is 42.0 Å². The van der Waals surface area contributed by atoms with E-state index in [1.807, 2.05) is 11.3 Å². The van der Waals surface area contributed by atoms with Gasteiger partial charge in [-0.05, 0) is 29.7 Å². The maximum atomic E-state index is 2.20. The second kappa shape index (κ2) is 5.15. The van der Waals surface area contributed by atoms with Crippen molar-refractivity contribution in [2.24, 2.45) is 14.1 Å². The molecule has 3 aromatic rings. The zero-order valence-corrected chi connectivity index (χ0v) is 12.5. The molecule has 0 unspecified atom stereocenters. The summed E-state index contributed by atoms with van der Waals surface area (Å²) in [6, 6.07) is 8.64. The summed E-state index contributed by atoms with van der Waals surface area (Å²) in [6.45, 7) is 0. The molecule has 0 radical (unpaired) electrons. The van der Waals surface area contributed by atoms with Gasteiger partial charge in [0.15, 0.2) is 0 Å². The predicted molar refractivity (Wildman–Crippen MR) is 83.1 cm³/mol. The molecule has 3 heterocycles. The Bertz CT molecular complexity index is 683. The SMILES string of the molecule is Cn1cc[n+](C)c1/C=C/c1ccc(-c2cccs2)s1. The summed E-state index contributed by atoms with van der Waals surface area (Å²) in [5.41, 5.74) is 0. The van der Waals surface area contributed by atoms with Crippen LogP contribution in [-0.4, -0.2) is 4.57 Å². The molecule has 0 amide bonds. The number of aryl methyl sites for hydroxylation is 2. The Kier molecular flexibility index (Phi) is 3.36. The first kappa shape index (κ1) is 12.4. The third-order valence-electron chi connectivity index (χ3n) is 3.02. The minimum absolute atomic E-state index is 1.19. The van der Waals surface area contributed by atoms with Crippen LogP contribution in [0.2, 0.25) is 0 Å². The van der Waals surface area contributed by atoms with E-state index in [-0.39, 0.29) is 0 Å². The molecule has 0 aliphatic rings. The van der Waals surface area contributed by atoms with Gasteiger partial charge in [0, 0.05) is 20.7 Å². The summed E-state index contributed by atoms with van der Waals surface area (Å²) in [5, 5.41) is 2.12. The summed E-state index contributed by atoms with van der Waals surface area (Å²) in [4.78, 5) is 3.96. The van der Waals surface area contributed by atoms with Crippen LogP contribution in [0.25, 0.3) is 21.9 Å². The highest BCUT2D eigenvalue weighted by molar-refractivity contribution is 7.21. The topological polar surface area (TPSA) is 8.81 Å². The predicted octanol–water partition coefficient (Wildman–Crippen LogP) is 3.81. The molecule has 4 heteroatoms. The van der Waals surface area contributed by atoms with Crippen molar-refractivity contribution in [2.45, 2.75) is 0 Å². The van der Waals surface area contributed by atoms with E-state index in [0.717, 1.165) is 0 Å². The molecule has 2 nitrogen and oxygen atoms in total. The fourth-order valence-electron chi connectivity index (χ4n) is 1.99. The summed E-state index contributed by atoms with van der Waals surface area (Å²) in [5.74, 6) is 1.19. The zero-order chi connectivity index (χ0) is 13.2. The maximum Gasteiger partial charge on any atom is 0.281 e. The Balaban J connectivity index is 1.85. The second-order valence-electron chi connectivity index (χ2n) is 4.39. The van der Waals surface area contributed by atoms with E-state index in [0.29, 0.717) is 0 Å². The number of aromatic nitrogens is 2. The van der Waals surface area contributed by atoms with Crippen LogP contribution < -0.4 is 4.57 Å². The van der Waals surface area contributed by atoms with Gasteiger partial charge in [0.2, 0.25) is 0 Å². The lowest BCUT2D eigenvalue weighted by Crippen LogP contribution is -2.29. The number of hydrogen-bond acceptors (Lipinski definition) is 2. The number of nitrogens with zero attached hydrogens (tertiary/aromatic N) is 2. The Labute approximate surface area is 120 Å². The molecular formula is C15H15N2S2+. The molecule has 3 rings (SSSR count). The number of rotatable bonds is 3. The smallest absolute Gasteiger partial charge is 0.233 e. The molecule has 0 saturated heterocycles. The van der Waals surface area contributed by atoms with Gasteiger partial charge in [0.25, 0.3) is 5.82 Å². The van der Waals surface area contributed by atoms with Gasteiger partial charge in [0.1, 0.15) is 12.4 Å². The standard InChI is InChI=1S/C15H15N2S2/c1-16-9-10-17(2)15(16)8-6-12-5-7-14(19-12)13-4-3-11-18-13/h3-11H,1-2H3/q+1/b8-6+. The van der Waals surface area contributed by atoms with E-state index < -0.39 is 0 Å². The summed E-state index contributed by atoms with van der Waals surface area (Å²) >= 11 is 3.62. The lowest BCUT2D eigenvalue weighted by Gasteiger charge is -1.90. The van der Waals surface area contributed by atoms with Crippen molar-refractivity contribution in [3.8, 4) is 9.75 Å². The fourth-order valence-corrected chi connectivity index (χ4v) is 3.73. The van der Waals surface area contributed by atoms with Crippen molar-refractivity contribution in [1.82, 2.24) is 4.57 Å². The van der Waals surface area contributed by atoms with Gasteiger partial charge in [-0.15, -0.1) is 22.7 Å². The Hall–Kier alpha value is -1.65. The zero-order valence-electron chi connectivity index (χ0n) is 10.9. The number of imidazole rings is 1. The van der Waals surface area contributed by atoms with E-state index in [2.05, 4.69) is 77.4 Å². The van der Waals surface area contributed by atoms with Crippen LogP contribution in [0.1, 0.15) is 10.7 Å². The van der Waals surface area contributed by atoms with E-state index in [9.17, 15) is 0 Å². The minimum Gasteiger partial charge on any atom is -0.233 e. The molecule has 0 aliphatic carbocycles. The van der Waals surface area contributed by atoms with E-state index in [1.54, 1.807) is 11.3 Å². The van der Waals surface area contributed by atoms with Crippen molar-refractivity contribution in [2.75, 3.05) is 0 Å². The van der Waals surface area contributed by atoms with E-state index >= 15 is 0 Å². The lowest BCUT2D eigenvalue weighted by molar-refractivity contribution is -0.672. The molecule has 0 aliphatic heterocycles. The van der Waals surface area contributed by atoms with Gasteiger partial charge in [-0.25, -0.2) is 9.13 Å². The van der Waals surface area contributed by atoms with Gasteiger partial charge in [-0.3, -0.25) is 0 Å². The van der Waals surface area contributed by atoms with Gasteiger partial charge >= 0.3 is 0 Å². The summed E-state index contributed by atoms with van der Waals surface area (Å²) < 4.78 is 4.23. The first-order valence-electron chi connectivity index (χ1n) is 6.07. The monoisotopic (exact) mass is 287 g/mol. The normalized spacial score (nSPS) is 11.5. The van der Waals surface area contributed by atoms with Crippen molar-refractivity contribution in [1.29, 1.82) is 0 Å². The molecule has 0 saturated carbocycles. The van der Waals surface area contributed by atoms with Crippen molar-refractivity contribution < 1.29 is 4.57 Å². The summed E-state index contributed by atoms with van der Waals surface area (Å²) in [6.07, 6.45) is 8.46. The molecule has 19 heavy (non-hydrogen) atoms. The molecule has 0 N–H and O–H groups in total. The van der Waals surface area contributed by atoms with Gasteiger partial charge in [-0.2, -0.15) is 0 Å². The molecule has 0 atom stereocenters. The first-order valence-corrected chi connectivity index (χ1v) is 7.76. The highest BCUT2D eigenvalue weighted by Gasteiger charge is 2.07. The van der Waals surface area contributed by atoms with Gasteiger partial charge in [-0.1, -0.05) is 6.07 Å². The highest BCUT2D eigenvalue weighted by atomic mass is 32.1. The third kappa shape index (κ3) is 2.55. The maximum absolute atomic E-state index is 2.20. The number of hydrogen-bond donors (Lipinski definition) is 0. The Morgan fingerprint density at radius 3 is 2.74 bits per heavy atom. The molecule has 96 valence electrons. The molecule has 0 bridgehead atoms. The Morgan fingerprint density at radius 1 is 1.16 bits per heavy atom. The van der Waals surface area contributed by atoms with Crippen LogP contribution in [0.5, 0.6) is 0 Å². The van der Waals surface area contributed by atoms with Crippen LogP contribution in [0.4, 0.5) is 0 Å². The van der Waals surface area contributed by atoms with Crippen molar-refractivity contribution >= 4 is 34.8 Å². The molecule has 0 fully saturated rings. The third-order valence-corrected chi connectivity index (χ3v) is 5.14. The average Bonchev–Trinajstić information content (AvgIpc) is 3.10. The molecular weight excluding hydrogens is 272 g/mol. The van der Waals surface area contributed by atoms with Gasteiger partial charge in [0.05, 0.1) is 14.1 Å². The summed E-state index contributed by atoms with van der Waals surface area (Å²) in [7, 11) is 4.12. The van der Waals surface area contributed by atoms with E-state index in [4.69, 9.17) is 0 Å². The van der Waals surface area contributed by atoms with Crippen LogP contribution in [0.3, 0.4) is 0 Å². The lowest BCUT2D eigenvalue weighted by atomic mass is 10.3. The van der Waals surface area contributed by atoms with Gasteiger partial charge < -0.3 is 0 Å². The molecule has 0 aromatic carbocycles. The van der Waals surface area contributed by atoms with Crippen molar-refractivity contribution in [3.05, 3.63) is 52.7 Å². The number of thiophene rings is 2. The second-order valence-corrected chi connectivity index (χ2v) is 6.45. The molecule has 0 spiro atoms. The quantitative estimate of drug-likeness (QED) is 0.648. The van der Waals surface area contributed by atoms with E-state index in [1.165, 1.54) is 20.5 Å². The highest BCUT2D eigenvalue weighted by Crippen LogP contribution is 2.32. The first-order chi connectivity index (χ1) is 9.24. The largest absolute Gasteiger partial charge is 0.281 e. The minimum atomic E-state index is 1.19.